The highest BCUT2D eigenvalue weighted by Crippen LogP contribution is 2.29. The van der Waals surface area contributed by atoms with E-state index in [0.29, 0.717) is 33.9 Å². The van der Waals surface area contributed by atoms with Crippen molar-refractivity contribution < 1.29 is 33.3 Å². The highest BCUT2D eigenvalue weighted by atomic mass is 79.9. The molecule has 0 saturated carbocycles. The van der Waals surface area contributed by atoms with Gasteiger partial charge in [-0.1, -0.05) is 15.9 Å². The summed E-state index contributed by atoms with van der Waals surface area (Å²) in [6.45, 7) is -0.293. The molecule has 37 heavy (non-hydrogen) atoms. The van der Waals surface area contributed by atoms with Crippen molar-refractivity contribution in [3.63, 3.8) is 0 Å². The number of carbonyl (C=O) groups excluding carboxylic acids is 3. The maximum absolute atomic E-state index is 12.4. The molecule has 0 radical (unpaired) electrons. The largest absolute Gasteiger partial charge is 0.493 e. The number of rotatable bonds is 10. The van der Waals surface area contributed by atoms with E-state index in [1.807, 2.05) is 0 Å². The zero-order valence-electron chi connectivity index (χ0n) is 20.2. The van der Waals surface area contributed by atoms with Gasteiger partial charge in [-0.05, 0) is 66.2 Å². The van der Waals surface area contributed by atoms with Crippen molar-refractivity contribution in [2.75, 3.05) is 27.9 Å². The van der Waals surface area contributed by atoms with Crippen molar-refractivity contribution in [2.24, 2.45) is 5.10 Å². The standard InChI is InChI=1S/C26H24BrN3O7/c1-34-20-11-7-18(13-23(20)36-3)25(32)28-15-24(31)30-29-14-16-4-10-21(22(12-16)35-2)37-26(33)17-5-8-19(27)9-6-17/h4-14H,15H2,1-3H3,(H,28,32)(H,30,31). The third kappa shape index (κ3) is 7.55. The molecule has 0 fully saturated rings. The molecule has 0 spiro atoms. The number of ether oxygens (including phenoxy) is 4. The molecule has 0 aromatic heterocycles. The van der Waals surface area contributed by atoms with E-state index in [-0.39, 0.29) is 12.3 Å². The molecule has 0 aliphatic rings. The van der Waals surface area contributed by atoms with Gasteiger partial charge in [-0.25, -0.2) is 10.2 Å². The number of hydrogen-bond acceptors (Lipinski definition) is 8. The number of amides is 2. The average Bonchev–Trinajstić information content (AvgIpc) is 2.92. The highest BCUT2D eigenvalue weighted by molar-refractivity contribution is 9.10. The van der Waals surface area contributed by atoms with E-state index in [4.69, 9.17) is 18.9 Å². The molecule has 0 saturated heterocycles. The molecule has 0 aliphatic carbocycles. The Hall–Kier alpha value is -4.38. The number of esters is 1. The number of hydrazone groups is 1. The summed E-state index contributed by atoms with van der Waals surface area (Å²) in [5.74, 6) is -0.102. The van der Waals surface area contributed by atoms with Gasteiger partial charge in [0.25, 0.3) is 11.8 Å². The predicted octanol–water partition coefficient (Wildman–Crippen LogP) is 3.57. The van der Waals surface area contributed by atoms with Gasteiger partial charge in [-0.15, -0.1) is 0 Å². The lowest BCUT2D eigenvalue weighted by molar-refractivity contribution is -0.120. The molecule has 10 nitrogen and oxygen atoms in total. The first kappa shape index (κ1) is 27.2. The Kier molecular flexibility index (Phi) is 9.61. The van der Waals surface area contributed by atoms with Crippen LogP contribution in [0.3, 0.4) is 0 Å². The Balaban J connectivity index is 1.54. The third-order valence-corrected chi connectivity index (χ3v) is 5.46. The van der Waals surface area contributed by atoms with Crippen LogP contribution in [-0.2, 0) is 4.79 Å². The lowest BCUT2D eigenvalue weighted by Gasteiger charge is -2.10. The van der Waals surface area contributed by atoms with E-state index < -0.39 is 17.8 Å². The van der Waals surface area contributed by atoms with Crippen LogP contribution in [0.4, 0.5) is 0 Å². The summed E-state index contributed by atoms with van der Waals surface area (Å²) in [6, 6.07) is 16.2. The number of halogens is 1. The molecule has 3 aromatic rings. The summed E-state index contributed by atoms with van der Waals surface area (Å²) in [5.41, 5.74) is 3.60. The van der Waals surface area contributed by atoms with Crippen molar-refractivity contribution >= 4 is 39.9 Å². The smallest absolute Gasteiger partial charge is 0.343 e. The maximum Gasteiger partial charge on any atom is 0.343 e. The minimum atomic E-state index is -0.533. The lowest BCUT2D eigenvalue weighted by atomic mass is 10.2. The number of methoxy groups -OCH3 is 3. The minimum absolute atomic E-state index is 0.231. The fourth-order valence-electron chi connectivity index (χ4n) is 3.05. The van der Waals surface area contributed by atoms with Crippen LogP contribution in [0.15, 0.2) is 70.2 Å². The Bertz CT molecular complexity index is 1310. The van der Waals surface area contributed by atoms with E-state index in [1.54, 1.807) is 54.6 Å². The van der Waals surface area contributed by atoms with Crippen molar-refractivity contribution in [1.82, 2.24) is 10.7 Å². The zero-order valence-corrected chi connectivity index (χ0v) is 21.8. The van der Waals surface area contributed by atoms with Crippen LogP contribution in [0, 0.1) is 0 Å². The second kappa shape index (κ2) is 13.1. The van der Waals surface area contributed by atoms with Crippen molar-refractivity contribution in [1.29, 1.82) is 0 Å². The van der Waals surface area contributed by atoms with E-state index in [9.17, 15) is 14.4 Å². The molecular formula is C26H24BrN3O7. The van der Waals surface area contributed by atoms with Gasteiger partial charge in [-0.3, -0.25) is 9.59 Å². The molecule has 192 valence electrons. The molecule has 0 aliphatic heterocycles. The van der Waals surface area contributed by atoms with Gasteiger partial charge in [0.2, 0.25) is 0 Å². The normalized spacial score (nSPS) is 10.5. The summed E-state index contributed by atoms with van der Waals surface area (Å²) in [7, 11) is 4.40. The van der Waals surface area contributed by atoms with Gasteiger partial charge in [0, 0.05) is 10.0 Å². The monoisotopic (exact) mass is 569 g/mol. The van der Waals surface area contributed by atoms with Gasteiger partial charge >= 0.3 is 5.97 Å². The SMILES string of the molecule is COc1ccc(C(=O)NCC(=O)NN=Cc2ccc(OC(=O)c3ccc(Br)cc3)c(OC)c2)cc1OC. The Morgan fingerprint density at radius 2 is 1.43 bits per heavy atom. The maximum atomic E-state index is 12.4. The van der Waals surface area contributed by atoms with Crippen LogP contribution in [0.5, 0.6) is 23.0 Å². The van der Waals surface area contributed by atoms with Crippen LogP contribution < -0.4 is 29.7 Å². The van der Waals surface area contributed by atoms with Crippen LogP contribution in [0.2, 0.25) is 0 Å². The van der Waals surface area contributed by atoms with E-state index in [1.165, 1.54) is 33.6 Å². The van der Waals surface area contributed by atoms with Crippen molar-refractivity contribution in [2.45, 2.75) is 0 Å². The minimum Gasteiger partial charge on any atom is -0.493 e. The van der Waals surface area contributed by atoms with Crippen molar-refractivity contribution in [3.8, 4) is 23.0 Å². The fraction of sp³-hybridized carbons (Fsp3) is 0.154. The van der Waals surface area contributed by atoms with Crippen LogP contribution in [-0.4, -0.2) is 51.9 Å². The van der Waals surface area contributed by atoms with E-state index in [0.717, 1.165) is 4.47 Å². The van der Waals surface area contributed by atoms with Gasteiger partial charge in [0.15, 0.2) is 23.0 Å². The van der Waals surface area contributed by atoms with Gasteiger partial charge in [0.05, 0.1) is 39.7 Å². The first-order chi connectivity index (χ1) is 17.8. The van der Waals surface area contributed by atoms with Crippen LogP contribution >= 0.6 is 15.9 Å². The molecule has 0 heterocycles. The topological polar surface area (TPSA) is 125 Å². The lowest BCUT2D eigenvalue weighted by Crippen LogP contribution is -2.34. The molecule has 11 heteroatoms. The third-order valence-electron chi connectivity index (χ3n) is 4.93. The van der Waals surface area contributed by atoms with E-state index in [2.05, 4.69) is 31.8 Å². The molecular weight excluding hydrogens is 546 g/mol. The second-order valence-corrected chi connectivity index (χ2v) is 8.27. The van der Waals surface area contributed by atoms with E-state index >= 15 is 0 Å². The van der Waals surface area contributed by atoms with Crippen LogP contribution in [0.1, 0.15) is 26.3 Å². The molecule has 2 amide bonds. The highest BCUT2D eigenvalue weighted by Gasteiger charge is 2.14. The van der Waals surface area contributed by atoms with Gasteiger partial charge in [0.1, 0.15) is 0 Å². The fourth-order valence-corrected chi connectivity index (χ4v) is 3.32. The summed E-state index contributed by atoms with van der Waals surface area (Å²) in [5, 5.41) is 6.39. The summed E-state index contributed by atoms with van der Waals surface area (Å²) in [4.78, 5) is 36.8. The first-order valence-corrected chi connectivity index (χ1v) is 11.6. The quantitative estimate of drug-likeness (QED) is 0.165. The van der Waals surface area contributed by atoms with Crippen LogP contribution in [0.25, 0.3) is 0 Å². The predicted molar refractivity (Wildman–Crippen MR) is 140 cm³/mol. The second-order valence-electron chi connectivity index (χ2n) is 7.35. The number of hydrogen-bond donors (Lipinski definition) is 2. The molecule has 2 N–H and O–H groups in total. The Labute approximate surface area is 221 Å². The summed E-state index contributed by atoms with van der Waals surface area (Å²) < 4.78 is 21.9. The number of benzene rings is 3. The number of carbonyl (C=O) groups is 3. The van der Waals surface area contributed by atoms with Gasteiger partial charge in [-0.2, -0.15) is 5.10 Å². The molecule has 3 aromatic carbocycles. The number of nitrogens with zero attached hydrogens (tertiary/aromatic N) is 1. The Morgan fingerprint density at radius 1 is 0.811 bits per heavy atom. The van der Waals surface area contributed by atoms with Crippen molar-refractivity contribution in [3.05, 3.63) is 81.8 Å². The average molecular weight is 570 g/mol. The molecule has 0 unspecified atom stereocenters. The molecule has 3 rings (SSSR count). The Morgan fingerprint density at radius 3 is 2.11 bits per heavy atom. The first-order valence-electron chi connectivity index (χ1n) is 10.8. The molecule has 0 bridgehead atoms. The summed E-state index contributed by atoms with van der Waals surface area (Å²) >= 11 is 3.32. The molecule has 0 atom stereocenters. The number of nitrogens with one attached hydrogen (secondary N) is 2. The van der Waals surface area contributed by atoms with Gasteiger partial charge < -0.3 is 24.3 Å². The zero-order chi connectivity index (χ0) is 26.8. The summed E-state index contributed by atoms with van der Waals surface area (Å²) in [6.07, 6.45) is 1.39.